The minimum absolute atomic E-state index is 0.00273. The molecule has 1 aliphatic heterocycles. The average Bonchev–Trinajstić information content (AvgIpc) is 2.41. The average molecular weight is 369 g/mol. The van der Waals surface area contributed by atoms with Crippen molar-refractivity contribution in [1.29, 1.82) is 0 Å². The van der Waals surface area contributed by atoms with Crippen LogP contribution in [-0.4, -0.2) is 31.0 Å². The molecule has 0 aromatic heterocycles. The lowest BCUT2D eigenvalue weighted by Gasteiger charge is -2.31. The number of carbonyl (C=O) groups is 2. The Kier molecular flexibility index (Phi) is 4.80. The molecule has 1 unspecified atom stereocenters. The van der Waals surface area contributed by atoms with Crippen LogP contribution in [0.15, 0.2) is 22.7 Å². The Bertz CT molecular complexity index is 596. The number of hydrogen-bond donors (Lipinski definition) is 1. The molecule has 2 rings (SSSR count). The predicted molar refractivity (Wildman–Crippen MR) is 89.0 cm³/mol. The zero-order valence-electron chi connectivity index (χ0n) is 13.3. The standard InChI is InChI=1S/C16H21BrN2O3/c1-10(16(2,3)4)18-14(20)8-19-12-6-5-11(17)7-13(12)22-9-15(19)21/h5-7,10H,8-9H2,1-4H3,(H,18,20). The minimum atomic E-state index is -0.214. The number of fused-ring (bicyclic) bond motifs is 1. The second-order valence-corrected chi connectivity index (χ2v) is 7.45. The van der Waals surface area contributed by atoms with E-state index >= 15 is 0 Å². The van der Waals surface area contributed by atoms with Crippen molar-refractivity contribution >= 4 is 33.4 Å². The number of benzene rings is 1. The van der Waals surface area contributed by atoms with Gasteiger partial charge in [0.1, 0.15) is 12.3 Å². The number of amides is 2. The molecule has 0 aliphatic carbocycles. The van der Waals surface area contributed by atoms with Gasteiger partial charge in [-0.25, -0.2) is 0 Å². The number of nitrogens with one attached hydrogen (secondary N) is 1. The van der Waals surface area contributed by atoms with Crippen molar-refractivity contribution in [1.82, 2.24) is 5.32 Å². The normalized spacial score (nSPS) is 15.9. The van der Waals surface area contributed by atoms with E-state index in [1.54, 1.807) is 12.1 Å². The maximum Gasteiger partial charge on any atom is 0.265 e. The highest BCUT2D eigenvalue weighted by Crippen LogP contribution is 2.34. The van der Waals surface area contributed by atoms with Gasteiger partial charge in [-0.1, -0.05) is 36.7 Å². The Balaban J connectivity index is 2.13. The first-order chi connectivity index (χ1) is 10.2. The summed E-state index contributed by atoms with van der Waals surface area (Å²) in [5.74, 6) is 0.213. The number of ether oxygens (including phenoxy) is 1. The quantitative estimate of drug-likeness (QED) is 0.892. The van der Waals surface area contributed by atoms with Crippen LogP contribution >= 0.6 is 15.9 Å². The number of carbonyl (C=O) groups excluding carboxylic acids is 2. The van der Waals surface area contributed by atoms with E-state index in [9.17, 15) is 9.59 Å². The van der Waals surface area contributed by atoms with Gasteiger partial charge in [-0.15, -0.1) is 0 Å². The predicted octanol–water partition coefficient (Wildman–Crippen LogP) is 2.73. The van der Waals surface area contributed by atoms with Crippen LogP contribution in [0.1, 0.15) is 27.7 Å². The van der Waals surface area contributed by atoms with E-state index in [-0.39, 0.29) is 36.4 Å². The molecule has 0 bridgehead atoms. The molecule has 0 spiro atoms. The number of anilines is 1. The summed E-state index contributed by atoms with van der Waals surface area (Å²) >= 11 is 3.37. The third kappa shape index (κ3) is 3.80. The van der Waals surface area contributed by atoms with Gasteiger partial charge in [0.2, 0.25) is 5.91 Å². The number of hydrogen-bond acceptors (Lipinski definition) is 3. The monoisotopic (exact) mass is 368 g/mol. The third-order valence-electron chi connectivity index (χ3n) is 3.84. The van der Waals surface area contributed by atoms with Gasteiger partial charge in [-0.3, -0.25) is 14.5 Å². The lowest BCUT2D eigenvalue weighted by molar-refractivity contribution is -0.126. The number of rotatable bonds is 3. The van der Waals surface area contributed by atoms with Crippen molar-refractivity contribution in [2.75, 3.05) is 18.1 Å². The van der Waals surface area contributed by atoms with Crippen LogP contribution in [0.4, 0.5) is 5.69 Å². The first kappa shape index (κ1) is 16.8. The van der Waals surface area contributed by atoms with Crippen LogP contribution in [-0.2, 0) is 9.59 Å². The van der Waals surface area contributed by atoms with Crippen molar-refractivity contribution in [2.24, 2.45) is 5.41 Å². The molecule has 1 N–H and O–H groups in total. The smallest absolute Gasteiger partial charge is 0.265 e. The number of nitrogens with zero attached hydrogens (tertiary/aromatic N) is 1. The fourth-order valence-electron chi connectivity index (χ4n) is 2.00. The zero-order valence-corrected chi connectivity index (χ0v) is 14.9. The Morgan fingerprint density at radius 1 is 1.45 bits per heavy atom. The topological polar surface area (TPSA) is 58.6 Å². The van der Waals surface area contributed by atoms with Gasteiger partial charge < -0.3 is 10.1 Å². The lowest BCUT2D eigenvalue weighted by Crippen LogP contribution is -2.49. The summed E-state index contributed by atoms with van der Waals surface area (Å²) in [5, 5.41) is 2.95. The van der Waals surface area contributed by atoms with E-state index in [1.165, 1.54) is 4.90 Å². The Morgan fingerprint density at radius 3 is 2.77 bits per heavy atom. The SMILES string of the molecule is CC(NC(=O)CN1C(=O)COc2cc(Br)ccc21)C(C)(C)C. The van der Waals surface area contributed by atoms with E-state index < -0.39 is 0 Å². The zero-order chi connectivity index (χ0) is 16.5. The molecule has 1 aromatic rings. The van der Waals surface area contributed by atoms with Gasteiger partial charge in [0.25, 0.3) is 5.91 Å². The van der Waals surface area contributed by atoms with Crippen LogP contribution < -0.4 is 15.0 Å². The van der Waals surface area contributed by atoms with Gasteiger partial charge >= 0.3 is 0 Å². The Hall–Kier alpha value is -1.56. The summed E-state index contributed by atoms with van der Waals surface area (Å²) in [7, 11) is 0. The molecule has 0 fully saturated rings. The van der Waals surface area contributed by atoms with Crippen LogP contribution in [0, 0.1) is 5.41 Å². The molecule has 1 aliphatic rings. The van der Waals surface area contributed by atoms with Crippen LogP contribution in [0.25, 0.3) is 0 Å². The molecule has 22 heavy (non-hydrogen) atoms. The van der Waals surface area contributed by atoms with Crippen molar-refractivity contribution in [3.63, 3.8) is 0 Å². The second kappa shape index (κ2) is 6.28. The second-order valence-electron chi connectivity index (χ2n) is 6.54. The van der Waals surface area contributed by atoms with Crippen molar-refractivity contribution in [3.05, 3.63) is 22.7 Å². The Labute approximate surface area is 139 Å². The molecular weight excluding hydrogens is 348 g/mol. The first-order valence-electron chi connectivity index (χ1n) is 7.20. The summed E-state index contributed by atoms with van der Waals surface area (Å²) in [5.41, 5.74) is 0.589. The third-order valence-corrected chi connectivity index (χ3v) is 4.34. The van der Waals surface area contributed by atoms with E-state index in [1.807, 2.05) is 13.0 Å². The van der Waals surface area contributed by atoms with Gasteiger partial charge in [0, 0.05) is 10.5 Å². The van der Waals surface area contributed by atoms with Gasteiger partial charge in [-0.05, 0) is 30.5 Å². The maximum absolute atomic E-state index is 12.2. The van der Waals surface area contributed by atoms with E-state index in [2.05, 4.69) is 42.0 Å². The summed E-state index contributed by atoms with van der Waals surface area (Å²) in [6, 6.07) is 5.41. The maximum atomic E-state index is 12.2. The molecular formula is C16H21BrN2O3. The molecule has 0 saturated heterocycles. The van der Waals surface area contributed by atoms with Crippen LogP contribution in [0.2, 0.25) is 0 Å². The summed E-state index contributed by atoms with van der Waals surface area (Å²) in [4.78, 5) is 25.8. The number of halogens is 1. The van der Waals surface area contributed by atoms with Gasteiger partial charge in [0.05, 0.1) is 5.69 Å². The molecule has 5 nitrogen and oxygen atoms in total. The molecule has 120 valence electrons. The van der Waals surface area contributed by atoms with Crippen molar-refractivity contribution < 1.29 is 14.3 Å². The lowest BCUT2D eigenvalue weighted by atomic mass is 9.88. The van der Waals surface area contributed by atoms with Gasteiger partial charge in [0.15, 0.2) is 6.61 Å². The van der Waals surface area contributed by atoms with Crippen molar-refractivity contribution in [3.8, 4) is 5.75 Å². The van der Waals surface area contributed by atoms with E-state index in [0.29, 0.717) is 11.4 Å². The van der Waals surface area contributed by atoms with Crippen molar-refractivity contribution in [2.45, 2.75) is 33.7 Å². The fourth-order valence-corrected chi connectivity index (χ4v) is 2.34. The highest BCUT2D eigenvalue weighted by Gasteiger charge is 2.29. The molecule has 1 aromatic carbocycles. The molecule has 0 saturated carbocycles. The molecule has 1 heterocycles. The van der Waals surface area contributed by atoms with Crippen LogP contribution in [0.3, 0.4) is 0 Å². The Morgan fingerprint density at radius 2 is 2.14 bits per heavy atom. The summed E-state index contributed by atoms with van der Waals surface area (Å²) < 4.78 is 6.28. The van der Waals surface area contributed by atoms with E-state index in [4.69, 9.17) is 4.74 Å². The van der Waals surface area contributed by atoms with Gasteiger partial charge in [-0.2, -0.15) is 0 Å². The minimum Gasteiger partial charge on any atom is -0.482 e. The highest BCUT2D eigenvalue weighted by molar-refractivity contribution is 9.10. The molecule has 1 atom stereocenters. The van der Waals surface area contributed by atoms with Crippen LogP contribution in [0.5, 0.6) is 5.75 Å². The first-order valence-corrected chi connectivity index (χ1v) is 8.00. The molecule has 2 amide bonds. The highest BCUT2D eigenvalue weighted by atomic mass is 79.9. The fraction of sp³-hybridized carbons (Fsp3) is 0.500. The molecule has 0 radical (unpaired) electrons. The summed E-state index contributed by atoms with van der Waals surface area (Å²) in [6.45, 7) is 8.09. The largest absolute Gasteiger partial charge is 0.482 e. The van der Waals surface area contributed by atoms with E-state index in [0.717, 1.165) is 4.47 Å². The molecule has 6 heteroatoms. The summed E-state index contributed by atoms with van der Waals surface area (Å²) in [6.07, 6.45) is 0.